The lowest BCUT2D eigenvalue weighted by atomic mass is 10.0. The Morgan fingerprint density at radius 3 is 1.95 bits per heavy atom. The van der Waals surface area contributed by atoms with Crippen molar-refractivity contribution in [3.8, 4) is 28.1 Å². The molecule has 4 aromatic rings. The third-order valence-corrected chi connectivity index (χ3v) is 6.47. The maximum Gasteiger partial charge on any atom is 0.416 e. The highest BCUT2D eigenvalue weighted by Gasteiger charge is 2.30. The number of hydrogen-bond acceptors (Lipinski definition) is 4. The predicted octanol–water partition coefficient (Wildman–Crippen LogP) is 4.99. The number of nitrogens with zero attached hydrogens (tertiary/aromatic N) is 3. The normalized spacial score (nSPS) is 14.0. The van der Waals surface area contributed by atoms with Crippen LogP contribution in [0.4, 0.5) is 18.9 Å². The Balaban J connectivity index is 1.46. The molecule has 0 atom stereocenters. The minimum Gasteiger partial charge on any atom is -0.369 e. The summed E-state index contributed by atoms with van der Waals surface area (Å²) in [6.07, 6.45) is -4.37. The molecule has 2 heterocycles. The summed E-state index contributed by atoms with van der Waals surface area (Å²) in [5.74, 6) is -0.293. The fourth-order valence-corrected chi connectivity index (χ4v) is 4.44. The Bertz CT molecular complexity index is 1370. The van der Waals surface area contributed by atoms with Gasteiger partial charge in [0.2, 0.25) is 0 Å². The van der Waals surface area contributed by atoms with Gasteiger partial charge in [-0.3, -0.25) is 4.79 Å². The standard InChI is InChI=1S/C28H26F3N5O/c1-32-27(37)25-18-26(36(34-25)24-12-10-23(11-13-24)35-16-14-33-15-17-35)21-4-2-19(3-5-21)20-6-8-22(9-7-20)28(29,30)31/h2-13,18,33H,14-17H2,1H3,(H,32,37). The van der Waals surface area contributed by atoms with E-state index in [4.69, 9.17) is 0 Å². The van der Waals surface area contributed by atoms with Crippen molar-refractivity contribution in [3.63, 3.8) is 0 Å². The number of aromatic nitrogens is 2. The molecule has 9 heteroatoms. The van der Waals surface area contributed by atoms with Crippen LogP contribution < -0.4 is 15.5 Å². The Kier molecular flexibility index (Phi) is 6.71. The smallest absolute Gasteiger partial charge is 0.369 e. The largest absolute Gasteiger partial charge is 0.416 e. The molecule has 1 aliphatic rings. The number of hydrogen-bond donors (Lipinski definition) is 2. The summed E-state index contributed by atoms with van der Waals surface area (Å²) in [4.78, 5) is 14.7. The second-order valence-electron chi connectivity index (χ2n) is 8.81. The summed E-state index contributed by atoms with van der Waals surface area (Å²) in [6, 6.07) is 22.4. The van der Waals surface area contributed by atoms with E-state index in [1.165, 1.54) is 12.1 Å². The van der Waals surface area contributed by atoms with Crippen LogP contribution in [0.25, 0.3) is 28.1 Å². The fraction of sp³-hybridized carbons (Fsp3) is 0.214. The van der Waals surface area contributed by atoms with Crippen molar-refractivity contribution in [1.29, 1.82) is 0 Å². The SMILES string of the molecule is CNC(=O)c1cc(-c2ccc(-c3ccc(C(F)(F)F)cc3)cc2)n(-c2ccc(N3CCNCC3)cc2)n1. The van der Waals surface area contributed by atoms with Gasteiger partial charge in [-0.1, -0.05) is 36.4 Å². The van der Waals surface area contributed by atoms with Crippen LogP contribution in [0.2, 0.25) is 0 Å². The first kappa shape index (κ1) is 24.6. The lowest BCUT2D eigenvalue weighted by molar-refractivity contribution is -0.137. The molecule has 1 aromatic heterocycles. The number of nitrogens with one attached hydrogen (secondary N) is 2. The topological polar surface area (TPSA) is 62.2 Å². The first-order chi connectivity index (χ1) is 17.8. The van der Waals surface area contributed by atoms with Gasteiger partial charge in [0.25, 0.3) is 5.91 Å². The lowest BCUT2D eigenvalue weighted by Gasteiger charge is -2.29. The molecule has 190 valence electrons. The van der Waals surface area contributed by atoms with E-state index in [-0.39, 0.29) is 11.6 Å². The highest BCUT2D eigenvalue weighted by molar-refractivity contribution is 5.93. The van der Waals surface area contributed by atoms with Gasteiger partial charge in [-0.05, 0) is 53.6 Å². The van der Waals surface area contributed by atoms with Gasteiger partial charge >= 0.3 is 6.18 Å². The van der Waals surface area contributed by atoms with Crippen molar-refractivity contribution < 1.29 is 18.0 Å². The highest BCUT2D eigenvalue weighted by atomic mass is 19.4. The summed E-state index contributed by atoms with van der Waals surface area (Å²) in [6.45, 7) is 3.78. The van der Waals surface area contributed by atoms with Crippen LogP contribution in [0.5, 0.6) is 0 Å². The van der Waals surface area contributed by atoms with Crippen molar-refractivity contribution in [2.24, 2.45) is 0 Å². The highest BCUT2D eigenvalue weighted by Crippen LogP contribution is 2.32. The summed E-state index contributed by atoms with van der Waals surface area (Å²) in [5, 5.41) is 10.5. The number of benzene rings is 3. The van der Waals surface area contributed by atoms with Crippen LogP contribution in [0.1, 0.15) is 16.1 Å². The van der Waals surface area contributed by atoms with E-state index in [2.05, 4.69) is 32.8 Å². The summed E-state index contributed by atoms with van der Waals surface area (Å²) in [7, 11) is 1.56. The van der Waals surface area contributed by atoms with Gasteiger partial charge in [-0.25, -0.2) is 4.68 Å². The fourth-order valence-electron chi connectivity index (χ4n) is 4.44. The van der Waals surface area contributed by atoms with Gasteiger partial charge < -0.3 is 15.5 Å². The second-order valence-corrected chi connectivity index (χ2v) is 8.81. The van der Waals surface area contributed by atoms with E-state index in [1.54, 1.807) is 17.8 Å². The molecule has 0 radical (unpaired) electrons. The van der Waals surface area contributed by atoms with Crippen LogP contribution in [0.15, 0.2) is 78.9 Å². The zero-order valence-electron chi connectivity index (χ0n) is 20.2. The monoisotopic (exact) mass is 505 g/mol. The molecule has 1 aliphatic heterocycles. The van der Waals surface area contributed by atoms with Gasteiger partial charge in [0.15, 0.2) is 5.69 Å². The zero-order chi connectivity index (χ0) is 26.0. The number of carbonyl (C=O) groups is 1. The van der Waals surface area contributed by atoms with Gasteiger partial charge in [-0.2, -0.15) is 18.3 Å². The molecule has 0 unspecified atom stereocenters. The average molecular weight is 506 g/mol. The number of anilines is 1. The molecule has 0 bridgehead atoms. The molecule has 6 nitrogen and oxygen atoms in total. The first-order valence-corrected chi connectivity index (χ1v) is 12.0. The molecule has 0 aliphatic carbocycles. The molecule has 0 saturated carbocycles. The van der Waals surface area contributed by atoms with Gasteiger partial charge in [0.05, 0.1) is 16.9 Å². The van der Waals surface area contributed by atoms with Crippen LogP contribution in [-0.4, -0.2) is 48.9 Å². The molecule has 37 heavy (non-hydrogen) atoms. The maximum atomic E-state index is 12.9. The zero-order valence-corrected chi connectivity index (χ0v) is 20.2. The summed E-state index contributed by atoms with van der Waals surface area (Å²) < 4.78 is 40.4. The van der Waals surface area contributed by atoms with E-state index in [0.29, 0.717) is 5.56 Å². The van der Waals surface area contributed by atoms with E-state index in [1.807, 2.05) is 36.4 Å². The van der Waals surface area contributed by atoms with Crippen molar-refractivity contribution in [2.75, 3.05) is 38.1 Å². The number of amides is 1. The molecular weight excluding hydrogens is 479 g/mol. The molecule has 1 amide bonds. The minimum atomic E-state index is -4.37. The molecule has 2 N–H and O–H groups in total. The van der Waals surface area contributed by atoms with Gasteiger partial charge in [0, 0.05) is 44.5 Å². The lowest BCUT2D eigenvalue weighted by Crippen LogP contribution is -2.43. The van der Waals surface area contributed by atoms with Crippen molar-refractivity contribution >= 4 is 11.6 Å². The van der Waals surface area contributed by atoms with Crippen LogP contribution in [0, 0.1) is 0 Å². The summed E-state index contributed by atoms with van der Waals surface area (Å²) in [5.41, 5.74) is 4.58. The van der Waals surface area contributed by atoms with E-state index < -0.39 is 11.7 Å². The number of rotatable bonds is 5. The third kappa shape index (κ3) is 5.22. The number of carbonyl (C=O) groups excluding carboxylic acids is 1. The van der Waals surface area contributed by atoms with Crippen LogP contribution in [0.3, 0.4) is 0 Å². The van der Waals surface area contributed by atoms with Gasteiger partial charge in [0.1, 0.15) is 0 Å². The van der Waals surface area contributed by atoms with Crippen LogP contribution >= 0.6 is 0 Å². The molecule has 1 fully saturated rings. The number of halogens is 3. The van der Waals surface area contributed by atoms with Crippen LogP contribution in [-0.2, 0) is 6.18 Å². The molecule has 3 aromatic carbocycles. The Hall–Kier alpha value is -4.11. The number of alkyl halides is 3. The number of piperazine rings is 1. The minimum absolute atomic E-state index is 0.287. The van der Waals surface area contributed by atoms with Crippen molar-refractivity contribution in [3.05, 3.63) is 90.1 Å². The Morgan fingerprint density at radius 2 is 1.38 bits per heavy atom. The molecule has 5 rings (SSSR count). The van der Waals surface area contributed by atoms with Crippen molar-refractivity contribution in [1.82, 2.24) is 20.4 Å². The second kappa shape index (κ2) is 10.1. The molecule has 1 saturated heterocycles. The summed E-state index contributed by atoms with van der Waals surface area (Å²) >= 11 is 0. The van der Waals surface area contributed by atoms with Crippen molar-refractivity contribution in [2.45, 2.75) is 6.18 Å². The van der Waals surface area contributed by atoms with Gasteiger partial charge in [-0.15, -0.1) is 0 Å². The first-order valence-electron chi connectivity index (χ1n) is 12.0. The van der Waals surface area contributed by atoms with E-state index in [9.17, 15) is 18.0 Å². The predicted molar refractivity (Wildman–Crippen MR) is 138 cm³/mol. The molecule has 0 spiro atoms. The van der Waals surface area contributed by atoms with E-state index >= 15 is 0 Å². The average Bonchev–Trinajstić information content (AvgIpc) is 3.38. The molecular formula is C28H26F3N5O. The Labute approximate surface area is 212 Å². The third-order valence-electron chi connectivity index (χ3n) is 6.47. The van der Waals surface area contributed by atoms with E-state index in [0.717, 1.165) is 66.5 Å². The maximum absolute atomic E-state index is 12.9. The quantitative estimate of drug-likeness (QED) is 0.401. The Morgan fingerprint density at radius 1 is 0.838 bits per heavy atom.